The zero-order valence-corrected chi connectivity index (χ0v) is 12.0. The van der Waals surface area contributed by atoms with Gasteiger partial charge in [-0.1, -0.05) is 23.1 Å². The van der Waals surface area contributed by atoms with Crippen LogP contribution in [0.4, 0.5) is 10.8 Å². The van der Waals surface area contributed by atoms with Gasteiger partial charge >= 0.3 is 5.97 Å². The van der Waals surface area contributed by atoms with Crippen molar-refractivity contribution in [2.45, 2.75) is 18.2 Å². The van der Waals surface area contributed by atoms with Gasteiger partial charge in [0.15, 0.2) is 4.34 Å². The molecule has 2 N–H and O–H groups in total. The predicted molar refractivity (Wildman–Crippen MR) is 75.3 cm³/mol. The van der Waals surface area contributed by atoms with Crippen LogP contribution in [0.25, 0.3) is 0 Å². The highest BCUT2D eigenvalue weighted by molar-refractivity contribution is 8.01. The molecule has 0 saturated carbocycles. The molecule has 0 unspecified atom stereocenters. The number of carbonyl (C=O) groups is 1. The summed E-state index contributed by atoms with van der Waals surface area (Å²) in [6.45, 7) is 3.85. The van der Waals surface area contributed by atoms with Gasteiger partial charge < -0.3 is 10.4 Å². The molecule has 0 bridgehead atoms. The van der Waals surface area contributed by atoms with Gasteiger partial charge in [-0.15, -0.1) is 10.2 Å². The van der Waals surface area contributed by atoms with E-state index >= 15 is 0 Å². The van der Waals surface area contributed by atoms with E-state index in [1.807, 2.05) is 26.0 Å². The standard InChI is InChI=1S/C11H12N4O2S2/c1-6-3-4-8(7(2)12-6)13-10-14-15-11(19-10)18-5-9(16)17/h3-4H,5H2,1-2H3,(H,13,14)(H,16,17). The second-order valence-electron chi connectivity index (χ2n) is 3.77. The molecule has 0 fully saturated rings. The highest BCUT2D eigenvalue weighted by Crippen LogP contribution is 2.28. The summed E-state index contributed by atoms with van der Waals surface area (Å²) in [5, 5.41) is 20.2. The van der Waals surface area contributed by atoms with Crippen LogP contribution in [-0.2, 0) is 4.79 Å². The third-order valence-corrected chi connectivity index (χ3v) is 4.15. The predicted octanol–water partition coefficient (Wildman–Crippen LogP) is 2.47. The van der Waals surface area contributed by atoms with E-state index in [0.717, 1.165) is 28.8 Å². The Kier molecular flexibility index (Phi) is 4.33. The summed E-state index contributed by atoms with van der Waals surface area (Å²) in [7, 11) is 0. The van der Waals surface area contributed by atoms with Crippen LogP contribution in [0.15, 0.2) is 16.5 Å². The molecule has 0 aliphatic carbocycles. The molecule has 0 spiro atoms. The number of aromatic nitrogens is 3. The maximum Gasteiger partial charge on any atom is 0.313 e. The van der Waals surface area contributed by atoms with Crippen LogP contribution in [-0.4, -0.2) is 32.0 Å². The molecule has 0 atom stereocenters. The number of rotatable bonds is 5. The second kappa shape index (κ2) is 5.98. The molecule has 0 aromatic carbocycles. The van der Waals surface area contributed by atoms with Crippen LogP contribution >= 0.6 is 23.1 Å². The molecule has 0 aliphatic heterocycles. The smallest absolute Gasteiger partial charge is 0.313 e. The number of thioether (sulfide) groups is 1. The van der Waals surface area contributed by atoms with Gasteiger partial charge in [-0.25, -0.2) is 0 Å². The van der Waals surface area contributed by atoms with Crippen molar-refractivity contribution in [3.63, 3.8) is 0 Å². The van der Waals surface area contributed by atoms with Crippen molar-refractivity contribution < 1.29 is 9.90 Å². The Morgan fingerprint density at radius 1 is 1.42 bits per heavy atom. The summed E-state index contributed by atoms with van der Waals surface area (Å²) in [6.07, 6.45) is 0. The molecule has 2 rings (SSSR count). The Balaban J connectivity index is 2.05. The number of carboxylic acids is 1. The van der Waals surface area contributed by atoms with E-state index in [4.69, 9.17) is 5.11 Å². The molecule has 8 heteroatoms. The largest absolute Gasteiger partial charge is 0.481 e. The lowest BCUT2D eigenvalue weighted by Crippen LogP contribution is -1.96. The maximum atomic E-state index is 10.5. The van der Waals surface area contributed by atoms with Crippen molar-refractivity contribution in [1.29, 1.82) is 0 Å². The normalized spacial score (nSPS) is 10.4. The summed E-state index contributed by atoms with van der Waals surface area (Å²) in [4.78, 5) is 14.8. The third-order valence-electron chi connectivity index (χ3n) is 2.19. The van der Waals surface area contributed by atoms with E-state index in [9.17, 15) is 4.79 Å². The summed E-state index contributed by atoms with van der Waals surface area (Å²) < 4.78 is 0.627. The van der Waals surface area contributed by atoms with E-state index < -0.39 is 5.97 Å². The molecule has 2 aromatic rings. The summed E-state index contributed by atoms with van der Waals surface area (Å²) in [5.41, 5.74) is 2.71. The van der Waals surface area contributed by atoms with E-state index in [-0.39, 0.29) is 5.75 Å². The van der Waals surface area contributed by atoms with Crippen LogP contribution in [0.3, 0.4) is 0 Å². The van der Waals surface area contributed by atoms with Gasteiger partial charge in [-0.05, 0) is 26.0 Å². The molecule has 0 amide bonds. The number of nitrogens with one attached hydrogen (secondary N) is 1. The van der Waals surface area contributed by atoms with E-state index in [1.54, 1.807) is 0 Å². The number of pyridine rings is 1. The minimum absolute atomic E-state index is 0.0141. The van der Waals surface area contributed by atoms with Crippen LogP contribution < -0.4 is 5.32 Å². The van der Waals surface area contributed by atoms with Crippen LogP contribution in [0, 0.1) is 13.8 Å². The first-order valence-electron chi connectivity index (χ1n) is 5.44. The van der Waals surface area contributed by atoms with Crippen molar-refractivity contribution in [2.24, 2.45) is 0 Å². The lowest BCUT2D eigenvalue weighted by molar-refractivity contribution is -0.133. The molecule has 2 aromatic heterocycles. The first-order chi connectivity index (χ1) is 9.04. The van der Waals surface area contributed by atoms with Gasteiger partial charge in [0.05, 0.1) is 17.1 Å². The molecule has 19 heavy (non-hydrogen) atoms. The van der Waals surface area contributed by atoms with Gasteiger partial charge in [-0.3, -0.25) is 9.78 Å². The van der Waals surface area contributed by atoms with E-state index in [0.29, 0.717) is 9.47 Å². The van der Waals surface area contributed by atoms with Crippen LogP contribution in [0.5, 0.6) is 0 Å². The van der Waals surface area contributed by atoms with E-state index in [1.165, 1.54) is 11.3 Å². The lowest BCUT2D eigenvalue weighted by atomic mass is 10.3. The van der Waals surface area contributed by atoms with Gasteiger partial charge in [0.2, 0.25) is 5.13 Å². The quantitative estimate of drug-likeness (QED) is 0.819. The van der Waals surface area contributed by atoms with Crippen molar-refractivity contribution in [1.82, 2.24) is 15.2 Å². The van der Waals surface area contributed by atoms with Gasteiger partial charge in [0, 0.05) is 5.69 Å². The molecule has 2 heterocycles. The monoisotopic (exact) mass is 296 g/mol. The number of nitrogens with zero attached hydrogens (tertiary/aromatic N) is 3. The van der Waals surface area contributed by atoms with Crippen molar-refractivity contribution >= 4 is 39.9 Å². The fourth-order valence-corrected chi connectivity index (χ4v) is 2.86. The number of aliphatic carboxylic acids is 1. The number of hydrogen-bond acceptors (Lipinski definition) is 7. The van der Waals surface area contributed by atoms with Crippen molar-refractivity contribution in [3.05, 3.63) is 23.5 Å². The zero-order chi connectivity index (χ0) is 13.8. The fourth-order valence-electron chi connectivity index (χ4n) is 1.38. The maximum absolute atomic E-state index is 10.5. The first-order valence-corrected chi connectivity index (χ1v) is 7.24. The molecule has 100 valence electrons. The third kappa shape index (κ3) is 3.90. The molecular formula is C11H12N4O2S2. The Bertz CT molecular complexity index is 600. The SMILES string of the molecule is Cc1ccc(Nc2nnc(SCC(=O)O)s2)c(C)n1. The molecule has 0 saturated heterocycles. The van der Waals surface area contributed by atoms with Crippen LogP contribution in [0.2, 0.25) is 0 Å². The minimum atomic E-state index is -0.867. The average molecular weight is 296 g/mol. The molecule has 0 aliphatic rings. The number of anilines is 2. The number of aryl methyl sites for hydroxylation is 2. The number of hydrogen-bond donors (Lipinski definition) is 2. The summed E-state index contributed by atoms with van der Waals surface area (Å²) >= 11 is 2.48. The van der Waals surface area contributed by atoms with Gasteiger partial charge in [0.1, 0.15) is 0 Å². The lowest BCUT2D eigenvalue weighted by Gasteiger charge is -2.05. The van der Waals surface area contributed by atoms with Gasteiger partial charge in [0.25, 0.3) is 0 Å². The second-order valence-corrected chi connectivity index (χ2v) is 5.97. The topological polar surface area (TPSA) is 88.0 Å². The fraction of sp³-hybridized carbons (Fsp3) is 0.273. The Hall–Kier alpha value is -1.67. The first kappa shape index (κ1) is 13.8. The Morgan fingerprint density at radius 2 is 2.21 bits per heavy atom. The molecule has 6 nitrogen and oxygen atoms in total. The summed E-state index contributed by atoms with van der Waals surface area (Å²) in [5.74, 6) is -0.881. The molecule has 0 radical (unpaired) electrons. The Labute approximate surface area is 118 Å². The minimum Gasteiger partial charge on any atom is -0.481 e. The van der Waals surface area contributed by atoms with E-state index in [2.05, 4.69) is 20.5 Å². The average Bonchev–Trinajstić information content (AvgIpc) is 2.78. The Morgan fingerprint density at radius 3 is 2.89 bits per heavy atom. The zero-order valence-electron chi connectivity index (χ0n) is 10.4. The van der Waals surface area contributed by atoms with Crippen LogP contribution in [0.1, 0.15) is 11.4 Å². The molecular weight excluding hydrogens is 284 g/mol. The highest BCUT2D eigenvalue weighted by atomic mass is 32.2. The van der Waals surface area contributed by atoms with Crippen molar-refractivity contribution in [2.75, 3.05) is 11.1 Å². The number of carboxylic acid groups (broad SMARTS) is 1. The van der Waals surface area contributed by atoms with Gasteiger partial charge in [-0.2, -0.15) is 0 Å². The summed E-state index contributed by atoms with van der Waals surface area (Å²) in [6, 6.07) is 3.85. The highest BCUT2D eigenvalue weighted by Gasteiger charge is 2.08. The van der Waals surface area contributed by atoms with Crippen molar-refractivity contribution in [3.8, 4) is 0 Å².